The zero-order chi connectivity index (χ0) is 22.2. The molecular weight excluding hydrogens is 462 g/mol. The molecule has 0 bridgehead atoms. The molecule has 0 unspecified atom stereocenters. The largest absolute Gasteiger partial charge is 0.416 e. The van der Waals surface area contributed by atoms with Crippen LogP contribution in [0.25, 0.3) is 0 Å². The van der Waals surface area contributed by atoms with Crippen LogP contribution in [-0.2, 0) is 18.5 Å². The molecule has 2 rings (SSSR count). The normalized spacial score (nSPS) is 13.2. The van der Waals surface area contributed by atoms with E-state index in [1.807, 2.05) is 0 Å². The van der Waals surface area contributed by atoms with Crippen LogP contribution in [0.5, 0.6) is 0 Å². The summed E-state index contributed by atoms with van der Waals surface area (Å²) in [6.07, 6.45) is -14.2. The van der Waals surface area contributed by atoms with Gasteiger partial charge in [0.05, 0.1) is 38.6 Å². The summed E-state index contributed by atoms with van der Waals surface area (Å²) >= 11 is 11.3. The fourth-order valence-corrected chi connectivity index (χ4v) is 2.64. The number of benzene rings is 2. The predicted octanol–water partition coefficient (Wildman–Crippen LogP) is 7.50. The molecule has 0 saturated carbocycles. The lowest BCUT2D eigenvalue weighted by atomic mass is 10.1. The third kappa shape index (κ3) is 5.92. The first-order valence-corrected chi connectivity index (χ1v) is 7.99. The third-order valence-electron chi connectivity index (χ3n) is 3.37. The number of nitrogens with zero attached hydrogens (tertiary/aromatic N) is 1. The monoisotopic (exact) mass is 468 g/mol. The maximum atomic E-state index is 12.8. The summed E-state index contributed by atoms with van der Waals surface area (Å²) in [6.45, 7) is 0. The van der Waals surface area contributed by atoms with E-state index < -0.39 is 50.8 Å². The number of halogens is 11. The first kappa shape index (κ1) is 23.1. The van der Waals surface area contributed by atoms with Gasteiger partial charge in [0.2, 0.25) is 0 Å². The van der Waals surface area contributed by atoms with Crippen molar-refractivity contribution in [2.45, 2.75) is 18.5 Å². The average molecular weight is 469 g/mol. The number of hydrazone groups is 1. The van der Waals surface area contributed by atoms with E-state index in [0.717, 1.165) is 0 Å². The second-order valence-electron chi connectivity index (χ2n) is 5.52. The third-order valence-corrected chi connectivity index (χ3v) is 3.97. The number of alkyl halides is 9. The lowest BCUT2D eigenvalue weighted by Crippen LogP contribution is -2.11. The fraction of sp³-hybridized carbons (Fsp3) is 0.188. The van der Waals surface area contributed by atoms with Crippen LogP contribution in [0, 0.1) is 0 Å². The molecule has 29 heavy (non-hydrogen) atoms. The van der Waals surface area contributed by atoms with Crippen molar-refractivity contribution in [1.82, 2.24) is 0 Å². The highest BCUT2D eigenvalue weighted by Gasteiger charge is 2.36. The minimum Gasteiger partial charge on any atom is -0.275 e. The molecule has 2 nitrogen and oxygen atoms in total. The van der Waals surface area contributed by atoms with Gasteiger partial charge in [-0.15, -0.1) is 0 Å². The van der Waals surface area contributed by atoms with Gasteiger partial charge in [0.1, 0.15) is 0 Å². The highest BCUT2D eigenvalue weighted by atomic mass is 35.5. The van der Waals surface area contributed by atoms with Gasteiger partial charge in [0, 0.05) is 0 Å². The summed E-state index contributed by atoms with van der Waals surface area (Å²) in [7, 11) is 0. The standard InChI is InChI=1S/C16H7Cl2F9N2/c17-11-4-10(16(25,26)27)5-12(18)13(11)29-28-6-7-1-8(14(19,20)21)3-9(2-7)15(22,23)24/h1-6,29H/b28-6-. The van der Waals surface area contributed by atoms with E-state index in [2.05, 4.69) is 10.5 Å². The van der Waals surface area contributed by atoms with E-state index in [0.29, 0.717) is 30.5 Å². The van der Waals surface area contributed by atoms with Crippen molar-refractivity contribution in [2.75, 3.05) is 5.43 Å². The van der Waals surface area contributed by atoms with Crippen molar-refractivity contribution in [1.29, 1.82) is 0 Å². The molecule has 1 N–H and O–H groups in total. The molecule has 13 heteroatoms. The van der Waals surface area contributed by atoms with Gasteiger partial charge in [0.25, 0.3) is 0 Å². The Morgan fingerprint density at radius 3 is 1.41 bits per heavy atom. The van der Waals surface area contributed by atoms with E-state index in [-0.39, 0.29) is 11.8 Å². The predicted molar refractivity (Wildman–Crippen MR) is 89.1 cm³/mol. The van der Waals surface area contributed by atoms with Crippen molar-refractivity contribution < 1.29 is 39.5 Å². The Bertz CT molecular complexity index is 876. The number of rotatable bonds is 3. The lowest BCUT2D eigenvalue weighted by molar-refractivity contribution is -0.143. The maximum Gasteiger partial charge on any atom is 0.416 e. The Balaban J connectivity index is 2.36. The molecular formula is C16H7Cl2F9N2. The molecule has 0 radical (unpaired) electrons. The molecule has 0 atom stereocenters. The second-order valence-corrected chi connectivity index (χ2v) is 6.34. The molecule has 2 aromatic rings. The summed E-state index contributed by atoms with van der Waals surface area (Å²) in [5.74, 6) is 0. The fourth-order valence-electron chi connectivity index (χ4n) is 2.07. The number of hydrogen-bond acceptors (Lipinski definition) is 2. The van der Waals surface area contributed by atoms with Crippen LogP contribution in [0.4, 0.5) is 45.2 Å². The second kappa shape index (κ2) is 7.94. The van der Waals surface area contributed by atoms with Gasteiger partial charge >= 0.3 is 18.5 Å². The Kier molecular flexibility index (Phi) is 6.34. The zero-order valence-corrected chi connectivity index (χ0v) is 15.1. The van der Waals surface area contributed by atoms with E-state index in [4.69, 9.17) is 23.2 Å². The van der Waals surface area contributed by atoms with Crippen molar-refractivity contribution >= 4 is 35.1 Å². The highest BCUT2D eigenvalue weighted by molar-refractivity contribution is 6.39. The minimum absolute atomic E-state index is 0.0611. The number of hydrogen-bond donors (Lipinski definition) is 1. The van der Waals surface area contributed by atoms with Crippen LogP contribution in [0.1, 0.15) is 22.3 Å². The van der Waals surface area contributed by atoms with Gasteiger partial charge in [0.15, 0.2) is 0 Å². The number of nitrogens with one attached hydrogen (secondary N) is 1. The van der Waals surface area contributed by atoms with Gasteiger partial charge in [-0.3, -0.25) is 5.43 Å². The molecule has 0 amide bonds. The Labute approximate surface area is 166 Å². The first-order valence-electron chi connectivity index (χ1n) is 7.24. The molecule has 0 saturated heterocycles. The molecule has 0 spiro atoms. The molecule has 0 heterocycles. The minimum atomic E-state index is -5.04. The van der Waals surface area contributed by atoms with Crippen LogP contribution in [0.15, 0.2) is 35.4 Å². The summed E-state index contributed by atoms with van der Waals surface area (Å²) < 4.78 is 115. The average Bonchev–Trinajstić information content (AvgIpc) is 2.54. The van der Waals surface area contributed by atoms with Gasteiger partial charge in [-0.25, -0.2) is 0 Å². The van der Waals surface area contributed by atoms with Crippen LogP contribution < -0.4 is 5.43 Å². The van der Waals surface area contributed by atoms with Gasteiger partial charge in [-0.05, 0) is 35.9 Å². The van der Waals surface area contributed by atoms with Crippen molar-refractivity contribution in [3.05, 3.63) is 62.6 Å². The zero-order valence-electron chi connectivity index (χ0n) is 13.6. The van der Waals surface area contributed by atoms with Gasteiger partial charge in [-0.1, -0.05) is 23.2 Å². The number of anilines is 1. The molecule has 0 fully saturated rings. The molecule has 0 aliphatic rings. The topological polar surface area (TPSA) is 24.4 Å². The summed E-state index contributed by atoms with van der Waals surface area (Å²) in [5, 5.41) is 2.39. The van der Waals surface area contributed by atoms with Crippen molar-refractivity contribution in [2.24, 2.45) is 5.10 Å². The highest BCUT2D eigenvalue weighted by Crippen LogP contribution is 2.39. The summed E-state index contributed by atoms with van der Waals surface area (Å²) in [5.41, 5.74) is -3.06. The molecule has 0 aliphatic carbocycles. The van der Waals surface area contributed by atoms with Crippen LogP contribution >= 0.6 is 23.2 Å². The van der Waals surface area contributed by atoms with E-state index in [1.54, 1.807) is 0 Å². The molecule has 0 aliphatic heterocycles. The van der Waals surface area contributed by atoms with E-state index >= 15 is 0 Å². The van der Waals surface area contributed by atoms with Gasteiger partial charge in [-0.2, -0.15) is 44.6 Å². The Hall–Kier alpha value is -2.14. The van der Waals surface area contributed by atoms with E-state index in [1.165, 1.54) is 0 Å². The van der Waals surface area contributed by atoms with E-state index in [9.17, 15) is 39.5 Å². The van der Waals surface area contributed by atoms with Crippen LogP contribution in [-0.4, -0.2) is 6.21 Å². The van der Waals surface area contributed by atoms with Gasteiger partial charge < -0.3 is 0 Å². The molecule has 158 valence electrons. The molecule has 2 aromatic carbocycles. The smallest absolute Gasteiger partial charge is 0.275 e. The SMILES string of the molecule is FC(F)(F)c1cc(/C=N\Nc2c(Cl)cc(C(F)(F)F)cc2Cl)cc(C(F)(F)F)c1. The first-order chi connectivity index (χ1) is 13.1. The quantitative estimate of drug-likeness (QED) is 0.281. The van der Waals surface area contributed by atoms with Crippen LogP contribution in [0.2, 0.25) is 10.0 Å². The lowest BCUT2D eigenvalue weighted by Gasteiger charge is -2.13. The Morgan fingerprint density at radius 2 is 1.03 bits per heavy atom. The van der Waals surface area contributed by atoms with Crippen LogP contribution in [0.3, 0.4) is 0 Å². The molecule has 0 aromatic heterocycles. The van der Waals surface area contributed by atoms with Crippen molar-refractivity contribution in [3.63, 3.8) is 0 Å². The summed E-state index contributed by atoms with van der Waals surface area (Å²) in [4.78, 5) is 0. The van der Waals surface area contributed by atoms with Crippen molar-refractivity contribution in [3.8, 4) is 0 Å². The Morgan fingerprint density at radius 1 is 0.655 bits per heavy atom. The maximum absolute atomic E-state index is 12.8. The summed E-state index contributed by atoms with van der Waals surface area (Å²) in [6, 6.07) is 1.82.